The van der Waals surface area contributed by atoms with Crippen LogP contribution in [0.5, 0.6) is 0 Å². The van der Waals surface area contributed by atoms with Gasteiger partial charge in [-0.25, -0.2) is 0 Å². The summed E-state index contributed by atoms with van der Waals surface area (Å²) < 4.78 is 0. The second-order valence-electron chi connectivity index (χ2n) is 4.72. The van der Waals surface area contributed by atoms with Crippen molar-refractivity contribution >= 4 is 52.1 Å². The molecule has 0 aliphatic carbocycles. The summed E-state index contributed by atoms with van der Waals surface area (Å²) in [6.07, 6.45) is 0. The Balaban J connectivity index is 2.15. The van der Waals surface area contributed by atoms with Crippen molar-refractivity contribution in [3.63, 3.8) is 0 Å². The van der Waals surface area contributed by atoms with Gasteiger partial charge in [0.2, 0.25) is 0 Å². The fourth-order valence-corrected chi connectivity index (χ4v) is 3.89. The Labute approximate surface area is 142 Å². The Morgan fingerprint density at radius 3 is 2.45 bits per heavy atom. The quantitative estimate of drug-likeness (QED) is 0.788. The van der Waals surface area contributed by atoms with Crippen LogP contribution in [0.4, 0.5) is 5.69 Å². The second kappa shape index (κ2) is 6.24. The fourth-order valence-electron chi connectivity index (χ4n) is 2.34. The highest BCUT2D eigenvalue weighted by Gasteiger charge is 2.23. The number of benzene rings is 2. The minimum atomic E-state index is -0.558. The van der Waals surface area contributed by atoms with E-state index in [1.165, 1.54) is 0 Å². The molecule has 3 N–H and O–H groups in total. The summed E-state index contributed by atoms with van der Waals surface area (Å²) in [5.74, 6) is 0.0362. The largest absolute Gasteiger partial charge is 0.366 e. The topological polar surface area (TPSA) is 55.1 Å². The molecule has 6 heteroatoms. The van der Waals surface area contributed by atoms with E-state index in [9.17, 15) is 4.79 Å². The zero-order chi connectivity index (χ0) is 15.7. The van der Waals surface area contributed by atoms with Crippen LogP contribution in [-0.4, -0.2) is 11.7 Å². The van der Waals surface area contributed by atoms with Crippen LogP contribution in [0.25, 0.3) is 5.57 Å². The highest BCUT2D eigenvalue weighted by molar-refractivity contribution is 7.99. The zero-order valence-electron chi connectivity index (χ0n) is 11.4. The van der Waals surface area contributed by atoms with Crippen LogP contribution in [0.2, 0.25) is 10.0 Å². The molecule has 1 aliphatic rings. The Morgan fingerprint density at radius 1 is 1.09 bits per heavy atom. The first-order valence-corrected chi connectivity index (χ1v) is 8.28. The van der Waals surface area contributed by atoms with Crippen molar-refractivity contribution in [1.29, 1.82) is 0 Å². The van der Waals surface area contributed by atoms with E-state index < -0.39 is 5.91 Å². The molecule has 0 atom stereocenters. The number of primary amides is 1. The Morgan fingerprint density at radius 2 is 1.77 bits per heavy atom. The molecule has 0 saturated carbocycles. The molecule has 0 radical (unpaired) electrons. The smallest absolute Gasteiger partial charge is 0.251 e. The third-order valence-electron chi connectivity index (χ3n) is 3.31. The molecule has 0 spiro atoms. The minimum Gasteiger partial charge on any atom is -0.366 e. The summed E-state index contributed by atoms with van der Waals surface area (Å²) >= 11 is 14.1. The lowest BCUT2D eigenvalue weighted by Crippen LogP contribution is -2.21. The molecule has 1 aliphatic heterocycles. The van der Waals surface area contributed by atoms with Crippen LogP contribution in [0.15, 0.2) is 53.1 Å². The van der Waals surface area contributed by atoms with E-state index in [2.05, 4.69) is 5.32 Å². The number of amides is 1. The maximum atomic E-state index is 12.0. The first kappa shape index (κ1) is 15.3. The molecule has 1 heterocycles. The lowest BCUT2D eigenvalue weighted by molar-refractivity contribution is -0.112. The molecule has 0 saturated heterocycles. The summed E-state index contributed by atoms with van der Waals surface area (Å²) in [5, 5.41) is 4.08. The molecule has 3 nitrogen and oxygen atoms in total. The van der Waals surface area contributed by atoms with Crippen LogP contribution < -0.4 is 11.1 Å². The van der Waals surface area contributed by atoms with E-state index in [1.54, 1.807) is 30.0 Å². The summed E-state index contributed by atoms with van der Waals surface area (Å²) in [7, 11) is 0. The van der Waals surface area contributed by atoms with E-state index >= 15 is 0 Å². The number of carbonyl (C=O) groups excluding carboxylic acids is 1. The van der Waals surface area contributed by atoms with Gasteiger partial charge in [-0.1, -0.05) is 41.4 Å². The van der Waals surface area contributed by atoms with Crippen molar-refractivity contribution in [2.24, 2.45) is 5.73 Å². The minimum absolute atomic E-state index is 0.331. The third kappa shape index (κ3) is 2.82. The SMILES string of the molecule is NC(=O)C(=C1CSc2ccccc2N1)c1c(Cl)cccc1Cl. The number of nitrogens with one attached hydrogen (secondary N) is 1. The number of fused-ring (bicyclic) bond motifs is 1. The molecule has 2 aromatic rings. The second-order valence-corrected chi connectivity index (χ2v) is 6.56. The average molecular weight is 351 g/mol. The van der Waals surface area contributed by atoms with Crippen LogP contribution in [0, 0.1) is 0 Å². The van der Waals surface area contributed by atoms with Gasteiger partial charge in [-0.2, -0.15) is 0 Å². The molecule has 22 heavy (non-hydrogen) atoms. The van der Waals surface area contributed by atoms with Gasteiger partial charge in [-0.15, -0.1) is 11.8 Å². The van der Waals surface area contributed by atoms with Gasteiger partial charge in [-0.05, 0) is 24.3 Å². The van der Waals surface area contributed by atoms with Crippen LogP contribution in [0.1, 0.15) is 5.56 Å². The van der Waals surface area contributed by atoms with Gasteiger partial charge in [0.1, 0.15) is 0 Å². The van der Waals surface area contributed by atoms with Gasteiger partial charge in [-0.3, -0.25) is 4.79 Å². The Hall–Kier alpha value is -1.62. The molecule has 1 amide bonds. The van der Waals surface area contributed by atoms with Gasteiger partial charge in [0.25, 0.3) is 5.91 Å². The first-order chi connectivity index (χ1) is 10.6. The number of halogens is 2. The molecule has 0 fully saturated rings. The Kier molecular flexibility index (Phi) is 4.34. The van der Waals surface area contributed by atoms with Crippen molar-refractivity contribution in [1.82, 2.24) is 0 Å². The first-order valence-electron chi connectivity index (χ1n) is 6.54. The molecule has 0 aromatic heterocycles. The van der Waals surface area contributed by atoms with Crippen molar-refractivity contribution in [3.8, 4) is 0 Å². The van der Waals surface area contributed by atoms with E-state index in [1.807, 2.05) is 24.3 Å². The normalized spacial score (nSPS) is 15.7. The van der Waals surface area contributed by atoms with E-state index in [4.69, 9.17) is 28.9 Å². The molecular weight excluding hydrogens is 339 g/mol. The van der Waals surface area contributed by atoms with Crippen molar-refractivity contribution in [2.45, 2.75) is 4.90 Å². The van der Waals surface area contributed by atoms with Crippen LogP contribution in [0.3, 0.4) is 0 Å². The molecule has 112 valence electrons. The number of anilines is 1. The molecule has 2 aromatic carbocycles. The highest BCUT2D eigenvalue weighted by atomic mass is 35.5. The monoisotopic (exact) mass is 350 g/mol. The van der Waals surface area contributed by atoms with Crippen LogP contribution >= 0.6 is 35.0 Å². The fraction of sp³-hybridized carbons (Fsp3) is 0.0625. The van der Waals surface area contributed by atoms with E-state index in [0.29, 0.717) is 32.6 Å². The van der Waals surface area contributed by atoms with Gasteiger partial charge in [0.05, 0.1) is 21.3 Å². The van der Waals surface area contributed by atoms with Gasteiger partial charge >= 0.3 is 0 Å². The number of para-hydroxylation sites is 1. The summed E-state index contributed by atoms with van der Waals surface area (Å²) in [6, 6.07) is 13.0. The third-order valence-corrected chi connectivity index (χ3v) is 5.04. The maximum absolute atomic E-state index is 12.0. The standard InChI is InChI=1S/C16H12Cl2N2OS/c17-9-4-3-5-10(18)14(9)15(16(19)21)12-8-22-13-7-2-1-6-11(13)20-12/h1-7,20H,8H2,(H2,19,21). The zero-order valence-corrected chi connectivity index (χ0v) is 13.7. The lowest BCUT2D eigenvalue weighted by Gasteiger charge is -2.23. The van der Waals surface area contributed by atoms with Gasteiger partial charge in [0.15, 0.2) is 0 Å². The maximum Gasteiger partial charge on any atom is 0.251 e. The van der Waals surface area contributed by atoms with Gasteiger partial charge in [0, 0.05) is 21.9 Å². The average Bonchev–Trinajstić information content (AvgIpc) is 2.50. The molecule has 0 unspecified atom stereocenters. The number of hydrogen-bond acceptors (Lipinski definition) is 3. The van der Waals surface area contributed by atoms with Gasteiger partial charge < -0.3 is 11.1 Å². The van der Waals surface area contributed by atoms with Crippen LogP contribution in [-0.2, 0) is 4.79 Å². The molecule has 3 rings (SSSR count). The molecular formula is C16H12Cl2N2OS. The summed E-state index contributed by atoms with van der Waals surface area (Å²) in [5.41, 5.74) is 8.05. The number of carbonyl (C=O) groups is 1. The van der Waals surface area contributed by atoms with E-state index in [0.717, 1.165) is 10.6 Å². The summed E-state index contributed by atoms with van der Waals surface area (Å²) in [6.45, 7) is 0. The number of nitrogens with two attached hydrogens (primary N) is 1. The predicted octanol–water partition coefficient (Wildman–Crippen LogP) is 4.41. The highest BCUT2D eigenvalue weighted by Crippen LogP contribution is 2.39. The lowest BCUT2D eigenvalue weighted by atomic mass is 10.0. The predicted molar refractivity (Wildman–Crippen MR) is 93.4 cm³/mol. The van der Waals surface area contributed by atoms with Crippen molar-refractivity contribution in [2.75, 3.05) is 11.1 Å². The number of thioether (sulfide) groups is 1. The molecule has 0 bridgehead atoms. The number of hydrogen-bond donors (Lipinski definition) is 2. The van der Waals surface area contributed by atoms with Crippen molar-refractivity contribution < 1.29 is 4.79 Å². The van der Waals surface area contributed by atoms with Crippen molar-refractivity contribution in [3.05, 3.63) is 63.8 Å². The summed E-state index contributed by atoms with van der Waals surface area (Å²) in [4.78, 5) is 13.1. The number of rotatable bonds is 2. The van der Waals surface area contributed by atoms with E-state index in [-0.39, 0.29) is 0 Å². The Bertz CT molecular complexity index is 769.